The Bertz CT molecular complexity index is 320. The Hall–Kier alpha value is -1.25. The van der Waals surface area contributed by atoms with Gasteiger partial charge in [0.1, 0.15) is 6.61 Å². The molecule has 1 aromatic heterocycles. The third kappa shape index (κ3) is 1.67. The van der Waals surface area contributed by atoms with E-state index in [4.69, 9.17) is 5.11 Å². The second-order valence-electron chi connectivity index (χ2n) is 2.25. The molecule has 1 N–H and O–H groups in total. The predicted molar refractivity (Wildman–Crippen MR) is 30.2 cm³/mol. The smallest absolute Gasteiger partial charge is 0.388 e. The Kier molecular flexibility index (Phi) is 2.44. The van der Waals surface area contributed by atoms with Crippen molar-refractivity contribution in [3.63, 3.8) is 0 Å². The molecule has 0 aliphatic heterocycles. The van der Waals surface area contributed by atoms with Gasteiger partial charge in [-0.1, -0.05) is 5.16 Å². The van der Waals surface area contributed by atoms with Crippen molar-refractivity contribution in [2.45, 2.75) is 18.7 Å². The van der Waals surface area contributed by atoms with Gasteiger partial charge in [-0.15, -0.1) is 0 Å². The van der Waals surface area contributed by atoms with Gasteiger partial charge in [0, 0.05) is 0 Å². The average Bonchev–Trinajstić information content (AvgIpc) is 2.49. The van der Waals surface area contributed by atoms with Crippen LogP contribution in [0.3, 0.4) is 0 Å². The Morgan fingerprint density at radius 2 is 1.79 bits per heavy atom. The first-order valence-electron chi connectivity index (χ1n) is 3.17. The van der Waals surface area contributed by atoms with Crippen molar-refractivity contribution in [2.24, 2.45) is 0 Å². The van der Waals surface area contributed by atoms with Gasteiger partial charge in [0.05, 0.1) is 0 Å². The fourth-order valence-electron chi connectivity index (χ4n) is 0.567. The maximum Gasteiger partial charge on any atom is 0.463 e. The second-order valence-corrected chi connectivity index (χ2v) is 2.25. The van der Waals surface area contributed by atoms with Gasteiger partial charge in [-0.05, 0) is 0 Å². The minimum Gasteiger partial charge on any atom is -0.388 e. The summed E-state index contributed by atoms with van der Waals surface area (Å²) in [4.78, 5) is 2.67. The second kappa shape index (κ2) is 3.15. The number of nitrogens with zero attached hydrogens (tertiary/aromatic N) is 2. The molecule has 1 aromatic rings. The average molecular weight is 218 g/mol. The lowest BCUT2D eigenvalue weighted by atomic mass is 10.3. The van der Waals surface area contributed by atoms with Gasteiger partial charge in [-0.3, -0.25) is 0 Å². The largest absolute Gasteiger partial charge is 0.463 e. The molecule has 0 saturated carbocycles. The maximum atomic E-state index is 12.4. The Morgan fingerprint density at radius 1 is 1.21 bits per heavy atom. The summed E-state index contributed by atoms with van der Waals surface area (Å²) >= 11 is 0. The van der Waals surface area contributed by atoms with Crippen molar-refractivity contribution >= 4 is 0 Å². The highest BCUT2D eigenvalue weighted by Crippen LogP contribution is 2.42. The van der Waals surface area contributed by atoms with Crippen LogP contribution in [-0.4, -0.2) is 21.4 Å². The van der Waals surface area contributed by atoms with Gasteiger partial charge in [-0.2, -0.15) is 26.9 Å². The van der Waals surface area contributed by atoms with Crippen LogP contribution in [0.25, 0.3) is 0 Å². The molecule has 0 spiro atoms. The summed E-state index contributed by atoms with van der Waals surface area (Å²) in [7, 11) is 0. The first-order valence-corrected chi connectivity index (χ1v) is 3.17. The molecule has 0 amide bonds. The maximum absolute atomic E-state index is 12.4. The zero-order valence-corrected chi connectivity index (χ0v) is 6.35. The summed E-state index contributed by atoms with van der Waals surface area (Å²) in [6, 6.07) is 0. The van der Waals surface area contributed by atoms with Crippen LogP contribution in [0.1, 0.15) is 11.7 Å². The van der Waals surface area contributed by atoms with E-state index in [1.807, 2.05) is 0 Å². The third-order valence-corrected chi connectivity index (χ3v) is 1.23. The predicted octanol–water partition coefficient (Wildman–Crippen LogP) is 1.22. The topological polar surface area (TPSA) is 59.2 Å². The van der Waals surface area contributed by atoms with E-state index in [-0.39, 0.29) is 0 Å². The monoisotopic (exact) mass is 218 g/mol. The first kappa shape index (κ1) is 10.8. The zero-order valence-electron chi connectivity index (χ0n) is 6.35. The fourth-order valence-corrected chi connectivity index (χ4v) is 0.567. The fraction of sp³-hybridized carbons (Fsp3) is 0.600. The standard InChI is InChI=1S/C5H3F5N2O2/c6-4(7,5(8,9)10)3-11-2(1-13)12-14-3/h13H,1H2. The minimum absolute atomic E-state index is 0.635. The van der Waals surface area contributed by atoms with E-state index in [1.54, 1.807) is 0 Å². The highest BCUT2D eigenvalue weighted by molar-refractivity contribution is 4.97. The molecule has 0 saturated heterocycles. The van der Waals surface area contributed by atoms with Crippen molar-refractivity contribution in [3.05, 3.63) is 11.7 Å². The molecule has 0 unspecified atom stereocenters. The van der Waals surface area contributed by atoms with E-state index in [0.717, 1.165) is 0 Å². The van der Waals surface area contributed by atoms with Crippen molar-refractivity contribution in [1.82, 2.24) is 10.1 Å². The number of aromatic nitrogens is 2. The van der Waals surface area contributed by atoms with Crippen LogP contribution in [-0.2, 0) is 12.5 Å². The molecule has 4 nitrogen and oxygen atoms in total. The summed E-state index contributed by atoms with van der Waals surface area (Å²) in [5, 5.41) is 11.0. The van der Waals surface area contributed by atoms with E-state index in [0.29, 0.717) is 0 Å². The van der Waals surface area contributed by atoms with Crippen molar-refractivity contribution in [3.8, 4) is 0 Å². The lowest BCUT2D eigenvalue weighted by molar-refractivity contribution is -0.298. The lowest BCUT2D eigenvalue weighted by Gasteiger charge is -2.14. The van der Waals surface area contributed by atoms with E-state index < -0.39 is 30.4 Å². The molecule has 9 heteroatoms. The van der Waals surface area contributed by atoms with Crippen LogP contribution in [0, 0.1) is 0 Å². The minimum atomic E-state index is -5.80. The van der Waals surface area contributed by atoms with Crippen molar-refractivity contribution in [2.75, 3.05) is 0 Å². The number of aliphatic hydroxyl groups is 1. The zero-order chi connectivity index (χ0) is 11.0. The molecule has 80 valence electrons. The van der Waals surface area contributed by atoms with Gasteiger partial charge in [0.2, 0.25) is 0 Å². The summed E-state index contributed by atoms with van der Waals surface area (Å²) in [5.41, 5.74) is 0. The Labute approximate surface area is 73.3 Å². The SMILES string of the molecule is OCc1noc(C(F)(F)C(F)(F)F)n1. The normalized spacial score (nSPS) is 13.3. The summed E-state index contributed by atoms with van der Waals surface area (Å²) in [5.74, 6) is -7.72. The molecule has 0 aliphatic carbocycles. The van der Waals surface area contributed by atoms with E-state index >= 15 is 0 Å². The number of hydrogen-bond acceptors (Lipinski definition) is 4. The summed E-state index contributed by atoms with van der Waals surface area (Å²) in [6.45, 7) is -0.878. The van der Waals surface area contributed by atoms with Gasteiger partial charge in [0.15, 0.2) is 5.82 Å². The van der Waals surface area contributed by atoms with E-state index in [1.165, 1.54) is 0 Å². The number of halogens is 5. The molecular weight excluding hydrogens is 215 g/mol. The van der Waals surface area contributed by atoms with Gasteiger partial charge in [0.25, 0.3) is 0 Å². The van der Waals surface area contributed by atoms with Crippen LogP contribution < -0.4 is 0 Å². The van der Waals surface area contributed by atoms with Crippen molar-refractivity contribution < 1.29 is 31.6 Å². The molecule has 0 aromatic carbocycles. The number of alkyl halides is 5. The molecule has 0 aliphatic rings. The van der Waals surface area contributed by atoms with E-state index in [2.05, 4.69) is 14.7 Å². The number of rotatable bonds is 2. The molecule has 1 heterocycles. The van der Waals surface area contributed by atoms with Gasteiger partial charge < -0.3 is 9.63 Å². The first-order chi connectivity index (χ1) is 6.29. The molecule has 0 radical (unpaired) electrons. The van der Waals surface area contributed by atoms with Crippen LogP contribution in [0.4, 0.5) is 22.0 Å². The summed E-state index contributed by atoms with van der Waals surface area (Å²) < 4.78 is 63.6. The number of aliphatic hydroxyl groups excluding tert-OH is 1. The summed E-state index contributed by atoms with van der Waals surface area (Å²) in [6.07, 6.45) is -5.80. The molecule has 0 atom stereocenters. The van der Waals surface area contributed by atoms with Crippen LogP contribution in [0.5, 0.6) is 0 Å². The molecule has 0 fully saturated rings. The van der Waals surface area contributed by atoms with E-state index in [9.17, 15) is 22.0 Å². The molecule has 0 bridgehead atoms. The molecule has 14 heavy (non-hydrogen) atoms. The third-order valence-electron chi connectivity index (χ3n) is 1.23. The van der Waals surface area contributed by atoms with Crippen molar-refractivity contribution in [1.29, 1.82) is 0 Å². The quantitative estimate of drug-likeness (QED) is 0.758. The van der Waals surface area contributed by atoms with Crippen LogP contribution in [0.15, 0.2) is 4.52 Å². The highest BCUT2D eigenvalue weighted by Gasteiger charge is 2.63. The Morgan fingerprint density at radius 3 is 2.14 bits per heavy atom. The van der Waals surface area contributed by atoms with Crippen LogP contribution >= 0.6 is 0 Å². The van der Waals surface area contributed by atoms with Crippen LogP contribution in [0.2, 0.25) is 0 Å². The van der Waals surface area contributed by atoms with Gasteiger partial charge in [-0.25, -0.2) is 0 Å². The molecule has 1 rings (SSSR count). The Balaban J connectivity index is 3.04. The molecular formula is C5H3F5N2O2. The van der Waals surface area contributed by atoms with Gasteiger partial charge >= 0.3 is 18.0 Å². The lowest BCUT2D eigenvalue weighted by Crippen LogP contribution is -2.34. The highest BCUT2D eigenvalue weighted by atomic mass is 19.4. The number of hydrogen-bond donors (Lipinski definition) is 1.